The van der Waals surface area contributed by atoms with Crippen molar-refractivity contribution in [1.29, 1.82) is 0 Å². The number of halogens is 3. The molecule has 0 radical (unpaired) electrons. The molecule has 1 saturated heterocycles. The van der Waals surface area contributed by atoms with E-state index in [1.807, 2.05) is 4.90 Å². The standard InChI is InChI=1S/C20H21F3N4O3S/c21-20(22,23)14-7-17(18(25-9-14)27-10-12-4-5-13(6-12)11-27)19(28)26-15-2-1-3-16(8-15)31(24,29)30/h1-3,7-9,12-13H,4-6,10-11H2,(H,26,28)(H2,24,29,30). The van der Waals surface area contributed by atoms with Crippen LogP contribution in [0.15, 0.2) is 41.4 Å². The second kappa shape index (κ2) is 7.79. The summed E-state index contributed by atoms with van der Waals surface area (Å²) in [4.78, 5) is 18.6. The van der Waals surface area contributed by atoms with Crippen LogP contribution in [0.25, 0.3) is 0 Å². The van der Waals surface area contributed by atoms with Gasteiger partial charge in [-0.15, -0.1) is 0 Å². The van der Waals surface area contributed by atoms with Crippen molar-refractivity contribution in [1.82, 2.24) is 4.98 Å². The molecule has 11 heteroatoms. The number of carbonyl (C=O) groups excluding carboxylic acids is 1. The molecule has 2 aliphatic rings. The van der Waals surface area contributed by atoms with E-state index in [1.54, 1.807) is 0 Å². The molecule has 2 atom stereocenters. The average Bonchev–Trinajstić information content (AvgIpc) is 3.04. The minimum Gasteiger partial charge on any atom is -0.355 e. The molecule has 3 N–H and O–H groups in total. The van der Waals surface area contributed by atoms with Gasteiger partial charge in [-0.2, -0.15) is 13.2 Å². The van der Waals surface area contributed by atoms with Gasteiger partial charge >= 0.3 is 6.18 Å². The van der Waals surface area contributed by atoms with E-state index in [9.17, 15) is 26.4 Å². The Balaban J connectivity index is 1.69. The van der Waals surface area contributed by atoms with Crippen molar-refractivity contribution in [3.05, 3.63) is 47.7 Å². The number of hydrogen-bond acceptors (Lipinski definition) is 5. The molecule has 2 heterocycles. The first-order valence-electron chi connectivity index (χ1n) is 9.77. The summed E-state index contributed by atoms with van der Waals surface area (Å²) in [5.74, 6) is 0.262. The number of primary sulfonamides is 1. The summed E-state index contributed by atoms with van der Waals surface area (Å²) in [6.07, 6.45) is -0.717. The highest BCUT2D eigenvalue weighted by atomic mass is 32.2. The zero-order valence-corrected chi connectivity index (χ0v) is 17.2. The lowest BCUT2D eigenvalue weighted by Crippen LogP contribution is -2.38. The summed E-state index contributed by atoms with van der Waals surface area (Å²) in [7, 11) is -4.00. The smallest absolute Gasteiger partial charge is 0.355 e. The number of nitrogens with two attached hydrogens (primary N) is 1. The molecule has 31 heavy (non-hydrogen) atoms. The quantitative estimate of drug-likeness (QED) is 0.738. The van der Waals surface area contributed by atoms with Gasteiger partial charge in [-0.25, -0.2) is 18.5 Å². The largest absolute Gasteiger partial charge is 0.417 e. The minimum absolute atomic E-state index is 0.0959. The molecule has 1 amide bonds. The number of nitrogens with one attached hydrogen (secondary N) is 1. The minimum atomic E-state index is -4.66. The SMILES string of the molecule is NS(=O)(=O)c1cccc(NC(=O)c2cc(C(F)(F)F)cnc2N2CC3CCC(C3)C2)c1. The van der Waals surface area contributed by atoms with Crippen LogP contribution in [0.4, 0.5) is 24.7 Å². The van der Waals surface area contributed by atoms with Crippen LogP contribution in [0.2, 0.25) is 0 Å². The maximum absolute atomic E-state index is 13.3. The van der Waals surface area contributed by atoms with Crippen LogP contribution in [0.1, 0.15) is 35.2 Å². The molecule has 1 aliphatic heterocycles. The van der Waals surface area contributed by atoms with E-state index < -0.39 is 27.7 Å². The molecule has 2 bridgehead atoms. The first-order valence-corrected chi connectivity index (χ1v) is 11.3. The fourth-order valence-electron chi connectivity index (χ4n) is 4.36. The highest BCUT2D eigenvalue weighted by Gasteiger charge is 2.37. The van der Waals surface area contributed by atoms with E-state index in [0.717, 1.165) is 37.6 Å². The maximum atomic E-state index is 13.3. The second-order valence-electron chi connectivity index (χ2n) is 8.07. The van der Waals surface area contributed by atoms with Crippen molar-refractivity contribution in [2.75, 3.05) is 23.3 Å². The van der Waals surface area contributed by atoms with Gasteiger partial charge in [0.2, 0.25) is 10.0 Å². The monoisotopic (exact) mass is 454 g/mol. The Kier molecular flexibility index (Phi) is 5.42. The molecule has 1 aliphatic carbocycles. The van der Waals surface area contributed by atoms with Crippen molar-refractivity contribution in [3.63, 3.8) is 0 Å². The van der Waals surface area contributed by atoms with E-state index in [4.69, 9.17) is 5.14 Å². The first-order chi connectivity index (χ1) is 14.5. The summed E-state index contributed by atoms with van der Waals surface area (Å²) in [6, 6.07) is 6.00. The van der Waals surface area contributed by atoms with Gasteiger partial charge in [-0.1, -0.05) is 6.07 Å². The molecular weight excluding hydrogens is 433 g/mol. The lowest BCUT2D eigenvalue weighted by molar-refractivity contribution is -0.137. The van der Waals surface area contributed by atoms with Crippen molar-refractivity contribution in [3.8, 4) is 0 Å². The predicted octanol–water partition coefficient (Wildman–Crippen LogP) is 3.24. The Labute approximate surface area is 177 Å². The first kappa shape index (κ1) is 21.6. The zero-order chi connectivity index (χ0) is 22.4. The highest BCUT2D eigenvalue weighted by molar-refractivity contribution is 7.89. The number of benzene rings is 1. The van der Waals surface area contributed by atoms with Gasteiger partial charge < -0.3 is 10.2 Å². The van der Waals surface area contributed by atoms with Gasteiger partial charge in [0, 0.05) is 25.0 Å². The number of alkyl halides is 3. The number of hydrogen-bond donors (Lipinski definition) is 2. The number of nitrogens with zero attached hydrogens (tertiary/aromatic N) is 2. The molecule has 2 aromatic rings. The van der Waals surface area contributed by atoms with E-state index >= 15 is 0 Å². The van der Waals surface area contributed by atoms with Gasteiger partial charge in [0.1, 0.15) is 5.82 Å². The number of piperidine rings is 1. The highest BCUT2D eigenvalue weighted by Crippen LogP contribution is 2.39. The third-order valence-corrected chi connectivity index (χ3v) is 6.68. The number of pyridine rings is 1. The number of fused-ring (bicyclic) bond motifs is 2. The van der Waals surface area contributed by atoms with Crippen LogP contribution in [0.3, 0.4) is 0 Å². The third-order valence-electron chi connectivity index (χ3n) is 5.77. The summed E-state index contributed by atoms with van der Waals surface area (Å²) in [5, 5.41) is 7.58. The Morgan fingerprint density at radius 1 is 1.16 bits per heavy atom. The summed E-state index contributed by atoms with van der Waals surface area (Å²) in [6.45, 7) is 1.27. The van der Waals surface area contributed by atoms with Crippen molar-refractivity contribution >= 4 is 27.4 Å². The molecule has 166 valence electrons. The molecule has 2 fully saturated rings. The average molecular weight is 454 g/mol. The van der Waals surface area contributed by atoms with Crippen molar-refractivity contribution in [2.45, 2.75) is 30.3 Å². The van der Waals surface area contributed by atoms with Gasteiger partial charge in [-0.3, -0.25) is 4.79 Å². The van der Waals surface area contributed by atoms with Crippen LogP contribution in [0, 0.1) is 11.8 Å². The van der Waals surface area contributed by atoms with Crippen LogP contribution in [-0.2, 0) is 16.2 Å². The Morgan fingerprint density at radius 3 is 2.45 bits per heavy atom. The number of carbonyl (C=O) groups is 1. The van der Waals surface area contributed by atoms with E-state index in [-0.39, 0.29) is 22.0 Å². The van der Waals surface area contributed by atoms with Crippen molar-refractivity contribution < 1.29 is 26.4 Å². The molecule has 4 rings (SSSR count). The fourth-order valence-corrected chi connectivity index (χ4v) is 4.92. The summed E-state index contributed by atoms with van der Waals surface area (Å²) in [5.41, 5.74) is -1.14. The number of aromatic nitrogens is 1. The molecule has 1 aromatic heterocycles. The molecule has 0 spiro atoms. The molecule has 2 unspecified atom stereocenters. The molecule has 1 aromatic carbocycles. The number of amides is 1. The lowest BCUT2D eigenvalue weighted by atomic mass is 9.98. The fraction of sp³-hybridized carbons (Fsp3) is 0.400. The molecular formula is C20H21F3N4O3S. The zero-order valence-electron chi connectivity index (χ0n) is 16.4. The Hall–Kier alpha value is -2.66. The van der Waals surface area contributed by atoms with E-state index in [2.05, 4.69) is 10.3 Å². The molecule has 7 nitrogen and oxygen atoms in total. The summed E-state index contributed by atoms with van der Waals surface area (Å²) < 4.78 is 62.9. The Morgan fingerprint density at radius 2 is 1.84 bits per heavy atom. The van der Waals surface area contributed by atoms with Crippen LogP contribution in [-0.4, -0.2) is 32.4 Å². The van der Waals surface area contributed by atoms with Gasteiger partial charge in [-0.05, 0) is 55.4 Å². The predicted molar refractivity (Wildman–Crippen MR) is 108 cm³/mol. The van der Waals surface area contributed by atoms with Crippen LogP contribution >= 0.6 is 0 Å². The van der Waals surface area contributed by atoms with Crippen LogP contribution < -0.4 is 15.4 Å². The van der Waals surface area contributed by atoms with Gasteiger partial charge in [0.15, 0.2) is 0 Å². The van der Waals surface area contributed by atoms with E-state index in [0.29, 0.717) is 24.9 Å². The maximum Gasteiger partial charge on any atom is 0.417 e. The van der Waals surface area contributed by atoms with Gasteiger partial charge in [0.05, 0.1) is 16.0 Å². The van der Waals surface area contributed by atoms with Gasteiger partial charge in [0.25, 0.3) is 5.91 Å². The summed E-state index contributed by atoms with van der Waals surface area (Å²) >= 11 is 0. The van der Waals surface area contributed by atoms with Crippen LogP contribution in [0.5, 0.6) is 0 Å². The lowest BCUT2D eigenvalue weighted by Gasteiger charge is -2.33. The topological polar surface area (TPSA) is 105 Å². The Bertz CT molecular complexity index is 1110. The molecule has 1 saturated carbocycles. The van der Waals surface area contributed by atoms with E-state index in [1.165, 1.54) is 18.2 Å². The normalized spacial score (nSPS) is 21.2. The number of sulfonamides is 1. The number of rotatable bonds is 4. The third kappa shape index (κ3) is 4.67. The number of anilines is 2. The van der Waals surface area contributed by atoms with Crippen molar-refractivity contribution in [2.24, 2.45) is 17.0 Å². The second-order valence-corrected chi connectivity index (χ2v) is 9.63.